The maximum atomic E-state index is 14.3. The van der Waals surface area contributed by atoms with Crippen molar-refractivity contribution >= 4 is 6.08 Å². The fraction of sp³-hybridized carbons (Fsp3) is 0.680. The summed E-state index contributed by atoms with van der Waals surface area (Å²) in [5, 5.41) is 0. The Bertz CT molecular complexity index is 682. The Balaban J connectivity index is 1.55. The second-order valence-corrected chi connectivity index (χ2v) is 9.31. The van der Waals surface area contributed by atoms with Crippen molar-refractivity contribution in [3.8, 4) is 0 Å². The summed E-state index contributed by atoms with van der Waals surface area (Å²) < 4.78 is 65.5. The van der Waals surface area contributed by atoms with Crippen molar-refractivity contribution in [1.29, 1.82) is 0 Å². The molecule has 168 valence electrons. The van der Waals surface area contributed by atoms with E-state index in [4.69, 9.17) is 0 Å². The highest BCUT2D eigenvalue weighted by atomic mass is 19.4. The summed E-state index contributed by atoms with van der Waals surface area (Å²) in [6.45, 7) is 2.24. The summed E-state index contributed by atoms with van der Waals surface area (Å²) in [7, 11) is 0. The number of rotatable bonds is 6. The Kier molecular flexibility index (Phi) is 7.98. The van der Waals surface area contributed by atoms with E-state index in [1.807, 2.05) is 0 Å². The fourth-order valence-electron chi connectivity index (χ4n) is 5.54. The van der Waals surface area contributed by atoms with E-state index in [2.05, 4.69) is 6.92 Å². The first-order valence-corrected chi connectivity index (χ1v) is 11.5. The molecule has 0 aromatic heterocycles. The van der Waals surface area contributed by atoms with Gasteiger partial charge in [0.05, 0.1) is 0 Å². The molecule has 1 aromatic rings. The molecule has 2 saturated carbocycles. The highest BCUT2D eigenvalue weighted by Gasteiger charge is 2.31. The van der Waals surface area contributed by atoms with Crippen molar-refractivity contribution < 1.29 is 22.0 Å². The highest BCUT2D eigenvalue weighted by molar-refractivity contribution is 5.52. The molecular weight excluding hydrogens is 395 g/mol. The summed E-state index contributed by atoms with van der Waals surface area (Å²) in [6, 6.07) is 2.45. The van der Waals surface area contributed by atoms with Gasteiger partial charge in [-0.3, -0.25) is 0 Å². The zero-order valence-electron chi connectivity index (χ0n) is 17.8. The topological polar surface area (TPSA) is 0 Å². The maximum absolute atomic E-state index is 14.3. The van der Waals surface area contributed by atoms with Crippen LogP contribution in [-0.2, 0) is 0 Å². The lowest BCUT2D eigenvalue weighted by atomic mass is 9.68. The number of unbranched alkanes of at least 4 members (excludes halogenated alkanes) is 1. The lowest BCUT2D eigenvalue weighted by molar-refractivity contribution is -0.0790. The zero-order valence-corrected chi connectivity index (χ0v) is 17.8. The predicted octanol–water partition coefficient (Wildman–Crippen LogP) is 8.81. The smallest absolute Gasteiger partial charge is 0.206 e. The van der Waals surface area contributed by atoms with E-state index in [0.29, 0.717) is 17.6 Å². The average molecular weight is 429 g/mol. The van der Waals surface area contributed by atoms with Gasteiger partial charge in [0.25, 0.3) is 0 Å². The molecule has 0 spiro atoms. The molecular formula is C25H33F5. The van der Waals surface area contributed by atoms with Gasteiger partial charge in [0.1, 0.15) is 11.6 Å². The molecule has 3 rings (SSSR count). The lowest BCUT2D eigenvalue weighted by Gasteiger charge is -2.38. The first kappa shape index (κ1) is 23.3. The Morgan fingerprint density at radius 1 is 0.867 bits per heavy atom. The van der Waals surface area contributed by atoms with Crippen LogP contribution in [0.2, 0.25) is 0 Å². The van der Waals surface area contributed by atoms with Crippen LogP contribution in [0.1, 0.15) is 94.6 Å². The summed E-state index contributed by atoms with van der Waals surface area (Å²) in [6.07, 6.45) is 8.98. The number of allylic oxidation sites excluding steroid dienone is 1. The van der Waals surface area contributed by atoms with Crippen molar-refractivity contribution in [2.75, 3.05) is 0 Å². The molecule has 2 aliphatic carbocycles. The van der Waals surface area contributed by atoms with Gasteiger partial charge in [-0.15, -0.1) is 0 Å². The summed E-state index contributed by atoms with van der Waals surface area (Å²) in [5.74, 6) is 0.639. The first-order chi connectivity index (χ1) is 14.3. The quantitative estimate of drug-likeness (QED) is 0.397. The molecule has 0 saturated heterocycles. The molecule has 0 atom stereocenters. The molecule has 0 nitrogen and oxygen atoms in total. The Morgan fingerprint density at radius 3 is 1.90 bits per heavy atom. The van der Waals surface area contributed by atoms with Crippen molar-refractivity contribution in [3.63, 3.8) is 0 Å². The number of alkyl halides is 3. The lowest BCUT2D eigenvalue weighted by Crippen LogP contribution is -2.25. The molecule has 0 N–H and O–H groups in total. The highest BCUT2D eigenvalue weighted by Crippen LogP contribution is 2.44. The van der Waals surface area contributed by atoms with Gasteiger partial charge in [-0.05, 0) is 86.0 Å². The monoisotopic (exact) mass is 428 g/mol. The minimum atomic E-state index is -4.59. The van der Waals surface area contributed by atoms with Crippen LogP contribution in [0.3, 0.4) is 0 Å². The summed E-state index contributed by atoms with van der Waals surface area (Å²) >= 11 is 0. The van der Waals surface area contributed by atoms with Crippen LogP contribution in [0.5, 0.6) is 0 Å². The Hall–Kier alpha value is -1.39. The molecule has 2 fully saturated rings. The van der Waals surface area contributed by atoms with E-state index < -0.39 is 23.4 Å². The van der Waals surface area contributed by atoms with Gasteiger partial charge >= 0.3 is 6.18 Å². The molecule has 0 heterocycles. The van der Waals surface area contributed by atoms with E-state index >= 15 is 0 Å². The maximum Gasteiger partial charge on any atom is 0.409 e. The average Bonchev–Trinajstić information content (AvgIpc) is 2.71. The number of hydrogen-bond acceptors (Lipinski definition) is 0. The second kappa shape index (κ2) is 10.3. The summed E-state index contributed by atoms with van der Waals surface area (Å²) in [5.41, 5.74) is -0.0412. The Morgan fingerprint density at radius 2 is 1.40 bits per heavy atom. The van der Waals surface area contributed by atoms with Crippen LogP contribution in [0, 0.1) is 29.4 Å². The van der Waals surface area contributed by atoms with Crippen molar-refractivity contribution in [3.05, 3.63) is 41.0 Å². The predicted molar refractivity (Wildman–Crippen MR) is 111 cm³/mol. The van der Waals surface area contributed by atoms with E-state index in [1.54, 1.807) is 0 Å². The third kappa shape index (κ3) is 6.31. The fourth-order valence-corrected chi connectivity index (χ4v) is 5.54. The third-order valence-electron chi connectivity index (χ3n) is 7.31. The van der Waals surface area contributed by atoms with Gasteiger partial charge in [-0.2, -0.15) is 13.2 Å². The van der Waals surface area contributed by atoms with E-state index in [1.165, 1.54) is 57.1 Å². The third-order valence-corrected chi connectivity index (χ3v) is 7.31. The van der Waals surface area contributed by atoms with E-state index in [9.17, 15) is 22.0 Å². The van der Waals surface area contributed by atoms with Gasteiger partial charge in [0.15, 0.2) is 0 Å². The molecule has 1 aromatic carbocycles. The number of benzene rings is 1. The van der Waals surface area contributed by atoms with Gasteiger partial charge in [0, 0.05) is 11.6 Å². The van der Waals surface area contributed by atoms with Gasteiger partial charge in [-0.25, -0.2) is 8.78 Å². The molecule has 30 heavy (non-hydrogen) atoms. The minimum Gasteiger partial charge on any atom is -0.206 e. The largest absolute Gasteiger partial charge is 0.409 e. The zero-order chi connectivity index (χ0) is 21.7. The van der Waals surface area contributed by atoms with Crippen molar-refractivity contribution in [2.24, 2.45) is 17.8 Å². The molecule has 2 aliphatic rings. The molecule has 0 unspecified atom stereocenters. The number of hydrogen-bond donors (Lipinski definition) is 0. The van der Waals surface area contributed by atoms with Crippen LogP contribution >= 0.6 is 0 Å². The standard InChI is InChI=1S/C25H33F5/c1-2-3-4-17-5-7-18(8-6-17)19-9-11-20(12-10-19)21-15-23(26)22(24(27)16-21)13-14-25(28,29)30/h13-20H,2-12H2,1H3/b14-13+. The van der Waals surface area contributed by atoms with E-state index in [0.717, 1.165) is 37.5 Å². The van der Waals surface area contributed by atoms with Gasteiger partial charge in [-0.1, -0.05) is 39.0 Å². The van der Waals surface area contributed by atoms with Crippen LogP contribution in [-0.4, -0.2) is 6.18 Å². The first-order valence-electron chi connectivity index (χ1n) is 11.5. The molecule has 0 bridgehead atoms. The second-order valence-electron chi connectivity index (χ2n) is 9.31. The van der Waals surface area contributed by atoms with Crippen LogP contribution in [0.4, 0.5) is 22.0 Å². The van der Waals surface area contributed by atoms with Crippen LogP contribution in [0.25, 0.3) is 6.08 Å². The molecule has 0 aliphatic heterocycles. The molecule has 5 heteroatoms. The molecule has 0 radical (unpaired) electrons. The van der Waals surface area contributed by atoms with Crippen LogP contribution in [0.15, 0.2) is 18.2 Å². The SMILES string of the molecule is CCCCC1CCC(C2CCC(c3cc(F)c(/C=C/C(F)(F)F)c(F)c3)CC2)CC1. The van der Waals surface area contributed by atoms with Crippen molar-refractivity contribution in [1.82, 2.24) is 0 Å². The number of halogens is 5. The normalized spacial score (nSPS) is 28.2. The Labute approximate surface area is 176 Å². The van der Waals surface area contributed by atoms with Crippen molar-refractivity contribution in [2.45, 2.75) is 89.6 Å². The van der Waals surface area contributed by atoms with Crippen LogP contribution < -0.4 is 0 Å². The summed E-state index contributed by atoms with van der Waals surface area (Å²) in [4.78, 5) is 0. The van der Waals surface area contributed by atoms with E-state index in [-0.39, 0.29) is 12.0 Å². The van der Waals surface area contributed by atoms with Gasteiger partial charge in [0.2, 0.25) is 0 Å². The van der Waals surface area contributed by atoms with Gasteiger partial charge < -0.3 is 0 Å². The molecule has 0 amide bonds. The minimum absolute atomic E-state index is 0.0896.